The number of benzene rings is 2. The molecule has 18 heavy (non-hydrogen) atoms. The van der Waals surface area contributed by atoms with Crippen molar-refractivity contribution in [2.45, 2.75) is 19.9 Å². The maximum absolute atomic E-state index is 13.8. The topological polar surface area (TPSA) is 35.2 Å². The number of halogens is 1. The molecule has 0 saturated carbocycles. The van der Waals surface area contributed by atoms with Crippen LogP contribution in [-0.2, 0) is 0 Å². The summed E-state index contributed by atoms with van der Waals surface area (Å²) in [5.74, 6) is 0.423. The molecule has 0 aliphatic rings. The first-order valence-electron chi connectivity index (χ1n) is 5.86. The smallest absolute Gasteiger partial charge is 0.167 e. The highest BCUT2D eigenvalue weighted by molar-refractivity contribution is 5.41. The molecule has 3 heteroatoms. The normalized spacial score (nSPS) is 12.2. The molecule has 0 aliphatic heterocycles. The number of rotatable bonds is 3. The van der Waals surface area contributed by atoms with E-state index in [4.69, 9.17) is 10.5 Å². The van der Waals surface area contributed by atoms with Gasteiger partial charge in [-0.1, -0.05) is 24.3 Å². The Balaban J connectivity index is 2.39. The minimum Gasteiger partial charge on any atom is -0.454 e. The van der Waals surface area contributed by atoms with E-state index >= 15 is 0 Å². The van der Waals surface area contributed by atoms with E-state index in [9.17, 15) is 4.39 Å². The fourth-order valence-electron chi connectivity index (χ4n) is 1.79. The van der Waals surface area contributed by atoms with Crippen LogP contribution in [0, 0.1) is 12.7 Å². The van der Waals surface area contributed by atoms with Crippen LogP contribution in [0.4, 0.5) is 4.39 Å². The van der Waals surface area contributed by atoms with Crippen LogP contribution in [0.5, 0.6) is 11.5 Å². The molecule has 94 valence electrons. The van der Waals surface area contributed by atoms with Gasteiger partial charge in [-0.05, 0) is 37.6 Å². The lowest BCUT2D eigenvalue weighted by molar-refractivity contribution is 0.432. The first-order chi connectivity index (χ1) is 8.58. The molecule has 0 bridgehead atoms. The zero-order chi connectivity index (χ0) is 13.1. The van der Waals surface area contributed by atoms with Gasteiger partial charge in [-0.2, -0.15) is 0 Å². The molecule has 0 spiro atoms. The van der Waals surface area contributed by atoms with Gasteiger partial charge in [-0.25, -0.2) is 4.39 Å². The highest BCUT2D eigenvalue weighted by Gasteiger charge is 2.13. The Kier molecular flexibility index (Phi) is 3.63. The molecule has 0 radical (unpaired) electrons. The van der Waals surface area contributed by atoms with Crippen molar-refractivity contribution in [2.24, 2.45) is 5.73 Å². The number of ether oxygens (including phenoxy) is 1. The fraction of sp³-hybridized carbons (Fsp3) is 0.200. The van der Waals surface area contributed by atoms with Crippen molar-refractivity contribution >= 4 is 0 Å². The summed E-state index contributed by atoms with van der Waals surface area (Å²) in [6, 6.07) is 12.0. The van der Waals surface area contributed by atoms with Crippen molar-refractivity contribution in [1.29, 1.82) is 0 Å². The maximum Gasteiger partial charge on any atom is 0.167 e. The van der Waals surface area contributed by atoms with Gasteiger partial charge >= 0.3 is 0 Å². The summed E-state index contributed by atoms with van der Waals surface area (Å²) < 4.78 is 19.4. The van der Waals surface area contributed by atoms with Crippen LogP contribution in [0.15, 0.2) is 42.5 Å². The highest BCUT2D eigenvalue weighted by atomic mass is 19.1. The van der Waals surface area contributed by atoms with E-state index in [2.05, 4.69) is 0 Å². The summed E-state index contributed by atoms with van der Waals surface area (Å²) in [6.45, 7) is 3.76. The van der Waals surface area contributed by atoms with Gasteiger partial charge in [0.2, 0.25) is 0 Å². The summed E-state index contributed by atoms with van der Waals surface area (Å²) in [4.78, 5) is 0. The monoisotopic (exact) mass is 245 g/mol. The molecule has 2 rings (SSSR count). The Morgan fingerprint density at radius 2 is 1.89 bits per heavy atom. The molecule has 2 nitrogen and oxygen atoms in total. The molecule has 2 aromatic rings. The van der Waals surface area contributed by atoms with Gasteiger partial charge in [0.15, 0.2) is 11.6 Å². The molecule has 1 atom stereocenters. The Hall–Kier alpha value is -1.87. The van der Waals surface area contributed by atoms with E-state index < -0.39 is 5.82 Å². The van der Waals surface area contributed by atoms with Crippen molar-refractivity contribution in [3.63, 3.8) is 0 Å². The van der Waals surface area contributed by atoms with Gasteiger partial charge in [-0.3, -0.25) is 0 Å². The minimum absolute atomic E-state index is 0.207. The first-order valence-corrected chi connectivity index (χ1v) is 5.86. The summed E-state index contributed by atoms with van der Waals surface area (Å²) in [7, 11) is 0. The van der Waals surface area contributed by atoms with Crippen molar-refractivity contribution in [1.82, 2.24) is 0 Å². The molecular formula is C15H16FNO. The molecule has 0 saturated heterocycles. The summed E-state index contributed by atoms with van der Waals surface area (Å²) in [6.07, 6.45) is 0. The standard InChI is InChI=1S/C15H16FNO/c1-10-5-3-6-12(9-10)18-15-13(11(2)17)7-4-8-14(15)16/h3-9,11H,17H2,1-2H3. The SMILES string of the molecule is Cc1cccc(Oc2c(F)cccc2C(C)N)c1. The molecule has 0 heterocycles. The van der Waals surface area contributed by atoms with Crippen LogP contribution in [-0.4, -0.2) is 0 Å². The zero-order valence-electron chi connectivity index (χ0n) is 10.5. The Morgan fingerprint density at radius 3 is 2.56 bits per heavy atom. The Morgan fingerprint density at radius 1 is 1.17 bits per heavy atom. The Labute approximate surface area is 106 Å². The van der Waals surface area contributed by atoms with Crippen LogP contribution in [0.3, 0.4) is 0 Å². The van der Waals surface area contributed by atoms with E-state index in [1.165, 1.54) is 6.07 Å². The number of nitrogens with two attached hydrogens (primary N) is 1. The molecule has 0 aromatic heterocycles. The lowest BCUT2D eigenvalue weighted by Crippen LogP contribution is -2.07. The lowest BCUT2D eigenvalue weighted by Gasteiger charge is -2.14. The van der Waals surface area contributed by atoms with Gasteiger partial charge in [-0.15, -0.1) is 0 Å². The van der Waals surface area contributed by atoms with Gasteiger partial charge < -0.3 is 10.5 Å². The second-order valence-electron chi connectivity index (χ2n) is 4.37. The first kappa shape index (κ1) is 12.6. The third kappa shape index (κ3) is 2.68. The van der Waals surface area contributed by atoms with Gasteiger partial charge in [0.1, 0.15) is 5.75 Å². The van der Waals surface area contributed by atoms with Crippen LogP contribution < -0.4 is 10.5 Å². The van der Waals surface area contributed by atoms with Gasteiger partial charge in [0, 0.05) is 11.6 Å². The molecule has 0 aliphatic carbocycles. The molecule has 2 aromatic carbocycles. The summed E-state index contributed by atoms with van der Waals surface area (Å²) in [5.41, 5.74) is 7.55. The number of hydrogen-bond acceptors (Lipinski definition) is 2. The molecule has 1 unspecified atom stereocenters. The number of para-hydroxylation sites is 1. The van der Waals surface area contributed by atoms with Crippen LogP contribution in [0.2, 0.25) is 0 Å². The van der Waals surface area contributed by atoms with Crippen LogP contribution >= 0.6 is 0 Å². The highest BCUT2D eigenvalue weighted by Crippen LogP contribution is 2.31. The zero-order valence-corrected chi connectivity index (χ0v) is 10.5. The van der Waals surface area contributed by atoms with Crippen molar-refractivity contribution in [3.05, 3.63) is 59.4 Å². The van der Waals surface area contributed by atoms with Crippen molar-refractivity contribution < 1.29 is 9.13 Å². The van der Waals surface area contributed by atoms with E-state index in [-0.39, 0.29) is 11.8 Å². The maximum atomic E-state index is 13.8. The second-order valence-corrected chi connectivity index (χ2v) is 4.37. The van der Waals surface area contributed by atoms with Gasteiger partial charge in [0.05, 0.1) is 0 Å². The average Bonchev–Trinajstić information content (AvgIpc) is 2.31. The van der Waals surface area contributed by atoms with Crippen LogP contribution in [0.1, 0.15) is 24.1 Å². The van der Waals surface area contributed by atoms with Gasteiger partial charge in [0.25, 0.3) is 0 Å². The summed E-state index contributed by atoms with van der Waals surface area (Å²) >= 11 is 0. The fourth-order valence-corrected chi connectivity index (χ4v) is 1.79. The van der Waals surface area contributed by atoms with E-state index in [0.29, 0.717) is 11.3 Å². The number of hydrogen-bond donors (Lipinski definition) is 1. The second kappa shape index (κ2) is 5.19. The van der Waals surface area contributed by atoms with E-state index in [0.717, 1.165) is 5.56 Å². The lowest BCUT2D eigenvalue weighted by atomic mass is 10.1. The third-order valence-electron chi connectivity index (χ3n) is 2.70. The predicted molar refractivity (Wildman–Crippen MR) is 70.3 cm³/mol. The van der Waals surface area contributed by atoms with Crippen molar-refractivity contribution in [2.75, 3.05) is 0 Å². The van der Waals surface area contributed by atoms with Crippen molar-refractivity contribution in [3.8, 4) is 11.5 Å². The largest absolute Gasteiger partial charge is 0.454 e. The molecule has 2 N–H and O–H groups in total. The van der Waals surface area contributed by atoms with Crippen LogP contribution in [0.25, 0.3) is 0 Å². The molecule has 0 fully saturated rings. The quantitative estimate of drug-likeness (QED) is 0.888. The molecule has 0 amide bonds. The van der Waals surface area contributed by atoms with E-state index in [1.54, 1.807) is 25.1 Å². The number of aryl methyl sites for hydroxylation is 1. The molecular weight excluding hydrogens is 229 g/mol. The average molecular weight is 245 g/mol. The van der Waals surface area contributed by atoms with E-state index in [1.807, 2.05) is 25.1 Å². The predicted octanol–water partition coefficient (Wildman–Crippen LogP) is 3.95. The summed E-state index contributed by atoms with van der Waals surface area (Å²) in [5, 5.41) is 0. The minimum atomic E-state index is -0.397. The Bertz CT molecular complexity index is 552. The third-order valence-corrected chi connectivity index (χ3v) is 2.70.